The third-order valence-electron chi connectivity index (χ3n) is 7.92. The van der Waals surface area contributed by atoms with Crippen LogP contribution in [0.2, 0.25) is 0 Å². The van der Waals surface area contributed by atoms with Crippen molar-refractivity contribution in [1.29, 1.82) is 0 Å². The van der Waals surface area contributed by atoms with Gasteiger partial charge in [-0.1, -0.05) is 25.3 Å². The number of nitrogens with zero attached hydrogens (tertiary/aromatic N) is 3. The highest BCUT2D eigenvalue weighted by Crippen LogP contribution is 2.33. The molecule has 3 atom stereocenters. The number of carbonyl (C=O) groups excluding carboxylic acids is 3. The molecule has 13 heteroatoms. The molecular weight excluding hydrogens is 529 g/mol. The van der Waals surface area contributed by atoms with Crippen molar-refractivity contribution < 1.29 is 32.3 Å². The molecule has 3 heterocycles. The number of nitrogens with one attached hydrogen (secondary N) is 3. The lowest BCUT2D eigenvalue weighted by Crippen LogP contribution is -2.49. The Bertz CT molecular complexity index is 1260. The van der Waals surface area contributed by atoms with Crippen LogP contribution in [-0.2, 0) is 18.3 Å². The van der Waals surface area contributed by atoms with Gasteiger partial charge >= 0.3 is 12.2 Å². The molecule has 1 aliphatic carbocycles. The van der Waals surface area contributed by atoms with E-state index in [2.05, 4.69) is 15.7 Å². The molecule has 4 amide bonds. The number of anilines is 1. The fraction of sp³-hybridized carbons (Fsp3) is 0.556. The SMILES string of the molecule is Cn1nccc1C(=O)N[C@H](C(=O)Nc1ccc2c(c1)OCC(CN1C[C@@H](C(F)(F)F)NC1=O)C2)C1CCCCC1. The van der Waals surface area contributed by atoms with E-state index < -0.39 is 30.8 Å². The zero-order valence-electron chi connectivity index (χ0n) is 22.2. The van der Waals surface area contributed by atoms with Gasteiger partial charge in [-0.05, 0) is 42.9 Å². The summed E-state index contributed by atoms with van der Waals surface area (Å²) in [7, 11) is 1.67. The van der Waals surface area contributed by atoms with Crippen LogP contribution < -0.4 is 20.7 Å². The molecule has 2 fully saturated rings. The number of benzene rings is 1. The Morgan fingerprint density at radius 3 is 2.65 bits per heavy atom. The molecule has 10 nitrogen and oxygen atoms in total. The van der Waals surface area contributed by atoms with Crippen LogP contribution >= 0.6 is 0 Å². The lowest BCUT2D eigenvalue weighted by molar-refractivity contribution is -0.149. The maximum atomic E-state index is 13.4. The molecule has 5 rings (SSSR count). The molecule has 2 aromatic rings. The summed E-state index contributed by atoms with van der Waals surface area (Å²) in [5, 5.41) is 11.9. The lowest BCUT2D eigenvalue weighted by atomic mass is 9.83. The highest BCUT2D eigenvalue weighted by molar-refractivity contribution is 6.00. The minimum atomic E-state index is -4.49. The first kappa shape index (κ1) is 27.8. The smallest absolute Gasteiger partial charge is 0.410 e. The van der Waals surface area contributed by atoms with Crippen molar-refractivity contribution in [2.24, 2.45) is 18.9 Å². The third kappa shape index (κ3) is 6.18. The van der Waals surface area contributed by atoms with Crippen molar-refractivity contribution in [3.8, 4) is 5.75 Å². The number of aryl methyl sites for hydroxylation is 1. The number of carbonyl (C=O) groups is 3. The second-order valence-corrected chi connectivity index (χ2v) is 10.8. The number of halogens is 3. The van der Waals surface area contributed by atoms with Crippen LogP contribution in [0.15, 0.2) is 30.5 Å². The van der Waals surface area contributed by atoms with E-state index in [1.54, 1.807) is 25.2 Å². The summed E-state index contributed by atoms with van der Waals surface area (Å²) in [6, 6.07) is 3.56. The van der Waals surface area contributed by atoms with Crippen molar-refractivity contribution in [2.45, 2.75) is 56.8 Å². The van der Waals surface area contributed by atoms with Gasteiger partial charge in [0, 0.05) is 37.5 Å². The molecule has 0 bridgehead atoms. The topological polar surface area (TPSA) is 118 Å². The van der Waals surface area contributed by atoms with E-state index in [1.807, 2.05) is 11.4 Å². The van der Waals surface area contributed by atoms with Crippen molar-refractivity contribution in [3.63, 3.8) is 0 Å². The van der Waals surface area contributed by atoms with E-state index >= 15 is 0 Å². The molecule has 1 saturated carbocycles. The van der Waals surface area contributed by atoms with Gasteiger partial charge in [-0.15, -0.1) is 0 Å². The maximum absolute atomic E-state index is 13.4. The predicted octanol–water partition coefficient (Wildman–Crippen LogP) is 3.24. The van der Waals surface area contributed by atoms with Crippen molar-refractivity contribution in [3.05, 3.63) is 41.7 Å². The summed E-state index contributed by atoms with van der Waals surface area (Å²) in [6.45, 7) is -0.0396. The van der Waals surface area contributed by atoms with Crippen LogP contribution in [0.25, 0.3) is 0 Å². The van der Waals surface area contributed by atoms with Crippen molar-refractivity contribution in [1.82, 2.24) is 25.3 Å². The van der Waals surface area contributed by atoms with Crippen molar-refractivity contribution in [2.75, 3.05) is 25.0 Å². The first-order chi connectivity index (χ1) is 19.1. The standard InChI is InChI=1S/C27H33F3N6O4/c1-35-20(9-10-31-35)24(37)34-23(17-5-3-2-4-6-17)25(38)32-19-8-7-18-11-16(15-40-21(18)12-19)13-36-14-22(27(28,29)30)33-26(36)39/h7-10,12,16-17,22-23H,2-6,11,13-15H2,1H3,(H,32,38)(H,33,39)(H,34,37)/t16?,22-,23-/m0/s1. The Kier molecular flexibility index (Phi) is 7.90. The number of urea groups is 1. The number of amides is 4. The van der Waals surface area contributed by atoms with Crippen LogP contribution in [0.5, 0.6) is 5.75 Å². The third-order valence-corrected chi connectivity index (χ3v) is 7.92. The molecule has 1 unspecified atom stereocenters. The minimum absolute atomic E-state index is 0.0142. The maximum Gasteiger partial charge on any atom is 0.410 e. The number of hydrogen-bond acceptors (Lipinski definition) is 5. The number of fused-ring (bicyclic) bond motifs is 1. The summed E-state index contributed by atoms with van der Waals surface area (Å²) < 4.78 is 46.3. The molecule has 40 heavy (non-hydrogen) atoms. The minimum Gasteiger partial charge on any atom is -0.493 e. The fourth-order valence-corrected chi connectivity index (χ4v) is 5.77. The first-order valence-electron chi connectivity index (χ1n) is 13.6. The number of ether oxygens (including phenoxy) is 1. The van der Waals surface area contributed by atoms with Crippen LogP contribution in [0.4, 0.5) is 23.7 Å². The molecular formula is C27H33F3N6O4. The van der Waals surface area contributed by atoms with Gasteiger partial charge < -0.3 is 25.6 Å². The Labute approximate surface area is 229 Å². The van der Waals surface area contributed by atoms with Gasteiger partial charge in [0.2, 0.25) is 5.91 Å². The van der Waals surface area contributed by atoms with E-state index in [9.17, 15) is 27.6 Å². The Balaban J connectivity index is 1.22. The lowest BCUT2D eigenvalue weighted by Gasteiger charge is -2.30. The average molecular weight is 563 g/mol. The quantitative estimate of drug-likeness (QED) is 0.479. The molecule has 3 aliphatic rings. The highest BCUT2D eigenvalue weighted by Gasteiger charge is 2.47. The molecule has 3 N–H and O–H groups in total. The van der Waals surface area contributed by atoms with Crippen LogP contribution in [0.3, 0.4) is 0 Å². The van der Waals surface area contributed by atoms with Gasteiger partial charge in [0.25, 0.3) is 5.91 Å². The second kappa shape index (κ2) is 11.4. The Morgan fingerprint density at radius 2 is 1.98 bits per heavy atom. The number of hydrogen-bond donors (Lipinski definition) is 3. The highest BCUT2D eigenvalue weighted by atomic mass is 19.4. The molecule has 216 valence electrons. The molecule has 1 aromatic heterocycles. The van der Waals surface area contributed by atoms with Gasteiger partial charge in [-0.3, -0.25) is 14.3 Å². The number of aromatic nitrogens is 2. The van der Waals surface area contributed by atoms with E-state index in [-0.39, 0.29) is 36.8 Å². The zero-order valence-corrected chi connectivity index (χ0v) is 22.2. The first-order valence-corrected chi connectivity index (χ1v) is 13.6. The summed E-state index contributed by atoms with van der Waals surface area (Å²) in [4.78, 5) is 39.5. The zero-order chi connectivity index (χ0) is 28.4. The largest absolute Gasteiger partial charge is 0.493 e. The number of alkyl halides is 3. The molecule has 0 spiro atoms. The molecule has 2 aliphatic heterocycles. The van der Waals surface area contributed by atoms with Crippen molar-refractivity contribution >= 4 is 23.5 Å². The van der Waals surface area contributed by atoms with Crippen LogP contribution in [0.1, 0.15) is 48.2 Å². The monoisotopic (exact) mass is 562 g/mol. The second-order valence-electron chi connectivity index (χ2n) is 10.8. The van der Waals surface area contributed by atoms with Gasteiger partial charge in [-0.2, -0.15) is 18.3 Å². The van der Waals surface area contributed by atoms with E-state index in [4.69, 9.17) is 4.74 Å². The summed E-state index contributed by atoms with van der Waals surface area (Å²) in [5.41, 5.74) is 1.73. The molecule has 1 aromatic carbocycles. The van der Waals surface area contributed by atoms with Gasteiger partial charge in [0.05, 0.1) is 13.2 Å². The van der Waals surface area contributed by atoms with E-state index in [0.717, 1.165) is 37.7 Å². The van der Waals surface area contributed by atoms with E-state index in [1.165, 1.54) is 15.8 Å². The molecule has 0 radical (unpaired) electrons. The van der Waals surface area contributed by atoms with Crippen LogP contribution in [-0.4, -0.2) is 70.5 Å². The Hall–Kier alpha value is -3.77. The van der Waals surface area contributed by atoms with Gasteiger partial charge in [0.15, 0.2) is 0 Å². The predicted molar refractivity (Wildman–Crippen MR) is 139 cm³/mol. The van der Waals surface area contributed by atoms with E-state index in [0.29, 0.717) is 23.6 Å². The van der Waals surface area contributed by atoms with Gasteiger partial charge in [-0.25, -0.2) is 4.79 Å². The normalized spacial score (nSPS) is 22.2. The Morgan fingerprint density at radius 1 is 1.20 bits per heavy atom. The summed E-state index contributed by atoms with van der Waals surface area (Å²) in [5.74, 6) is -0.251. The summed E-state index contributed by atoms with van der Waals surface area (Å²) >= 11 is 0. The van der Waals surface area contributed by atoms with Gasteiger partial charge in [0.1, 0.15) is 23.5 Å². The fourth-order valence-electron chi connectivity index (χ4n) is 5.77. The average Bonchev–Trinajstić information content (AvgIpc) is 3.52. The number of rotatable bonds is 7. The van der Waals surface area contributed by atoms with Crippen LogP contribution in [0, 0.1) is 11.8 Å². The molecule has 1 saturated heterocycles. The summed E-state index contributed by atoms with van der Waals surface area (Å²) in [6.07, 6.45) is 2.36.